The summed E-state index contributed by atoms with van der Waals surface area (Å²) in [7, 11) is -2.55. The van der Waals surface area contributed by atoms with Crippen LogP contribution in [-0.2, 0) is 18.9 Å². The van der Waals surface area contributed by atoms with E-state index in [4.69, 9.17) is 10.9 Å². The summed E-state index contributed by atoms with van der Waals surface area (Å²) in [6.45, 7) is 13.0. The van der Waals surface area contributed by atoms with Crippen LogP contribution in [0.1, 0.15) is 73.6 Å². The summed E-state index contributed by atoms with van der Waals surface area (Å²) in [6, 6.07) is 0. The van der Waals surface area contributed by atoms with E-state index in [1.54, 1.807) is 0 Å². The van der Waals surface area contributed by atoms with Crippen LogP contribution in [0.15, 0.2) is 34.9 Å². The molecule has 4 nitrogen and oxygen atoms in total. The summed E-state index contributed by atoms with van der Waals surface area (Å²) in [5.41, 5.74) is 3.89. The third kappa shape index (κ3) is 16.4. The maximum absolute atomic E-state index is 10.8. The Morgan fingerprint density at radius 3 is 2.32 bits per heavy atom. The highest BCUT2D eigenvalue weighted by molar-refractivity contribution is 7.17. The minimum atomic E-state index is -2.55. The zero-order chi connectivity index (χ0) is 19.9. The average Bonchev–Trinajstić information content (AvgIpc) is 2.51. The van der Waals surface area contributed by atoms with E-state index < -0.39 is 14.9 Å². The number of ether oxygens (including phenoxy) is 1. The molecule has 0 fully saturated rings. The molecule has 0 spiro atoms. The average molecular weight is 373 g/mol. The number of rotatable bonds is 14. The van der Waals surface area contributed by atoms with E-state index in [1.165, 1.54) is 16.7 Å². The number of hydrogen-bond acceptors (Lipinski definition) is 4. The van der Waals surface area contributed by atoms with Crippen LogP contribution in [0.2, 0.25) is 0 Å². The summed E-state index contributed by atoms with van der Waals surface area (Å²) in [5, 5.41) is 0. The zero-order valence-corrected chi connectivity index (χ0v) is 17.6. The van der Waals surface area contributed by atoms with Crippen LogP contribution in [0, 0.1) is 5.92 Å². The van der Waals surface area contributed by atoms with Crippen molar-refractivity contribution in [1.29, 1.82) is 1.28 Å². The second-order valence-electron chi connectivity index (χ2n) is 7.08. The van der Waals surface area contributed by atoms with Gasteiger partial charge in [-0.05, 0) is 70.8 Å². The maximum Gasteiger partial charge on any atom is 0.526 e. The molecule has 0 aliphatic rings. The van der Waals surface area contributed by atoms with Gasteiger partial charge >= 0.3 is 9.91 Å². The predicted molar refractivity (Wildman–Crippen MR) is 106 cm³/mol. The van der Waals surface area contributed by atoms with Crippen LogP contribution in [0.25, 0.3) is 0 Å². The Morgan fingerprint density at radius 1 is 1.08 bits per heavy atom. The van der Waals surface area contributed by atoms with Gasteiger partial charge in [-0.25, -0.2) is 0 Å². The van der Waals surface area contributed by atoms with Crippen molar-refractivity contribution in [1.82, 2.24) is 0 Å². The highest BCUT2D eigenvalue weighted by Crippen LogP contribution is 2.18. The third-order valence-corrected chi connectivity index (χ3v) is 3.94. The Morgan fingerprint density at radius 2 is 1.72 bits per heavy atom. The van der Waals surface area contributed by atoms with E-state index >= 15 is 0 Å². The quantitative estimate of drug-likeness (QED) is 0.112. The van der Waals surface area contributed by atoms with Gasteiger partial charge in [-0.15, -0.1) is 0 Å². The van der Waals surface area contributed by atoms with Gasteiger partial charge in [0.25, 0.3) is 0 Å². The molecule has 0 heterocycles. The van der Waals surface area contributed by atoms with Crippen molar-refractivity contribution in [2.45, 2.75) is 79.9 Å². The molecule has 0 aromatic rings. The normalized spacial score (nSPS) is 15.2. The van der Waals surface area contributed by atoms with Gasteiger partial charge in [0.15, 0.2) is 6.29 Å². The molecular formula is C20H36O4P+. The molecule has 144 valence electrons. The van der Waals surface area contributed by atoms with E-state index in [-0.39, 0.29) is 0 Å². The van der Waals surface area contributed by atoms with Crippen molar-refractivity contribution in [3.63, 3.8) is 0 Å². The fourth-order valence-corrected chi connectivity index (χ4v) is 2.42. The van der Waals surface area contributed by atoms with Crippen LogP contribution in [0.5, 0.6) is 0 Å². The van der Waals surface area contributed by atoms with Crippen molar-refractivity contribution < 1.29 is 18.9 Å². The molecule has 0 N–H and O–H groups in total. The Hall–Kier alpha value is -0.800. The Balaban J connectivity index is 4.42. The lowest BCUT2D eigenvalue weighted by atomic mass is 10.0. The second-order valence-corrected chi connectivity index (χ2v) is 7.38. The fraction of sp³-hybridized carbons (Fsp3) is 0.700. The van der Waals surface area contributed by atoms with Crippen molar-refractivity contribution in [2.24, 2.45) is 5.92 Å². The molecule has 0 amide bonds. The molecule has 0 bridgehead atoms. The molecule has 0 saturated heterocycles. The standard InChI is InChI=1S/C20H36O4P/c1-16(2)9-7-11-18(5)13-14-22-20(23-24-25-21)15-19(6)12-8-10-17(3)4/h9-10,13,19-20,25H,7-8,11-12,14-15H2,1-6H3/q+1/b18-13+/i25T. The summed E-state index contributed by atoms with van der Waals surface area (Å²) in [4.78, 5) is 5.05. The summed E-state index contributed by atoms with van der Waals surface area (Å²) in [5.74, 6) is 0.366. The molecule has 0 radical (unpaired) electrons. The largest absolute Gasteiger partial charge is 0.526 e. The molecule has 0 rings (SSSR count). The Bertz CT molecular complexity index is 492. The summed E-state index contributed by atoms with van der Waals surface area (Å²) >= 11 is 0. The van der Waals surface area contributed by atoms with E-state index in [1.807, 2.05) is 6.08 Å². The topological polar surface area (TPSA) is 44.8 Å². The number of allylic oxidation sites excluding steroid dienone is 5. The molecule has 3 unspecified atom stereocenters. The van der Waals surface area contributed by atoms with Crippen LogP contribution >= 0.6 is 8.63 Å². The van der Waals surface area contributed by atoms with E-state index in [0.29, 0.717) is 18.9 Å². The van der Waals surface area contributed by atoms with Gasteiger partial charge in [-0.1, -0.05) is 41.9 Å². The van der Waals surface area contributed by atoms with Crippen LogP contribution in [0.4, 0.5) is 0 Å². The smallest absolute Gasteiger partial charge is 0.345 e. The van der Waals surface area contributed by atoms with Gasteiger partial charge in [-0.2, -0.15) is 4.89 Å². The first-order valence-electron chi connectivity index (χ1n) is 9.49. The van der Waals surface area contributed by atoms with Gasteiger partial charge in [0.1, 0.15) is 0 Å². The van der Waals surface area contributed by atoms with Crippen LogP contribution < -0.4 is 0 Å². The first-order chi connectivity index (χ1) is 12.2. The minimum absolute atomic E-state index is 0.366. The van der Waals surface area contributed by atoms with Crippen LogP contribution in [0.3, 0.4) is 0 Å². The van der Waals surface area contributed by atoms with E-state index in [9.17, 15) is 4.57 Å². The lowest BCUT2D eigenvalue weighted by molar-refractivity contribution is -0.316. The van der Waals surface area contributed by atoms with Crippen molar-refractivity contribution in [2.75, 3.05) is 6.61 Å². The molecule has 0 saturated carbocycles. The molecule has 3 atom stereocenters. The molecule has 0 aliphatic carbocycles. The van der Waals surface area contributed by atoms with Gasteiger partial charge in [-0.3, -0.25) is 0 Å². The Kier molecular flexibility index (Phi) is 13.7. The van der Waals surface area contributed by atoms with E-state index in [2.05, 4.69) is 58.4 Å². The molecule has 25 heavy (non-hydrogen) atoms. The third-order valence-electron chi connectivity index (χ3n) is 3.79. The van der Waals surface area contributed by atoms with Crippen molar-refractivity contribution in [3.8, 4) is 0 Å². The van der Waals surface area contributed by atoms with Crippen molar-refractivity contribution in [3.05, 3.63) is 34.9 Å². The SMILES string of the molecule is [3H][P+](=O)OOC(CC(C)CCC=C(C)C)OC/C=C(\C)CCC=C(C)C. The van der Waals surface area contributed by atoms with Gasteiger partial charge in [0.05, 0.1) is 6.61 Å². The summed E-state index contributed by atoms with van der Waals surface area (Å²) < 4.78 is 28.0. The second kappa shape index (κ2) is 15.5. The van der Waals surface area contributed by atoms with Gasteiger partial charge < -0.3 is 4.74 Å². The molecule has 0 aromatic heterocycles. The maximum atomic E-state index is 10.8. The Labute approximate surface area is 156 Å². The molecule has 0 aliphatic heterocycles. The monoisotopic (exact) mass is 373 g/mol. The highest BCUT2D eigenvalue weighted by atomic mass is 31.1. The van der Waals surface area contributed by atoms with Crippen LogP contribution in [-0.4, -0.2) is 14.2 Å². The van der Waals surface area contributed by atoms with Gasteiger partial charge in [0, 0.05) is 11.1 Å². The fourth-order valence-electron chi connectivity index (χ4n) is 2.29. The van der Waals surface area contributed by atoms with Crippen molar-refractivity contribution >= 4 is 8.63 Å². The van der Waals surface area contributed by atoms with Gasteiger partial charge in [0.2, 0.25) is 0 Å². The molecular weight excluding hydrogens is 335 g/mol. The van der Waals surface area contributed by atoms with E-state index in [0.717, 1.165) is 25.7 Å². The molecule has 5 heteroatoms. The lowest BCUT2D eigenvalue weighted by Gasteiger charge is -2.17. The highest BCUT2D eigenvalue weighted by Gasteiger charge is 2.17. The lowest BCUT2D eigenvalue weighted by Crippen LogP contribution is -2.19. The predicted octanol–water partition coefficient (Wildman–Crippen LogP) is 6.68. The first kappa shape index (κ1) is 22.2. The minimum Gasteiger partial charge on any atom is -0.345 e. The number of hydrogen-bond donors (Lipinski definition) is 0. The molecule has 0 aromatic carbocycles. The zero-order valence-electron chi connectivity index (χ0n) is 17.7. The summed E-state index contributed by atoms with van der Waals surface area (Å²) in [6.07, 6.45) is 10.5. The first-order valence-corrected chi connectivity index (χ1v) is 9.77.